The van der Waals surface area contributed by atoms with Crippen molar-refractivity contribution in [3.63, 3.8) is 0 Å². The topological polar surface area (TPSA) is 3.24 Å². The number of hydrogen-bond donors (Lipinski definition) is 0. The van der Waals surface area contributed by atoms with Gasteiger partial charge in [0.2, 0.25) is 0 Å². The summed E-state index contributed by atoms with van der Waals surface area (Å²) in [6, 6.07) is 4.08. The maximum atomic E-state index is 12.6. The summed E-state index contributed by atoms with van der Waals surface area (Å²) in [5.74, 6) is 0. The first-order valence-electron chi connectivity index (χ1n) is 6.06. The lowest BCUT2D eigenvalue weighted by molar-refractivity contribution is -0.137. The van der Waals surface area contributed by atoms with E-state index >= 15 is 0 Å². The van der Waals surface area contributed by atoms with Crippen molar-refractivity contribution in [3.8, 4) is 0 Å². The minimum atomic E-state index is -4.24. The Hall–Kier alpha value is -1.03. The SMILES string of the molecule is CC(C)(C)CN1Cc2ccc(C(F)(F)F)cc2C1. The lowest BCUT2D eigenvalue weighted by Gasteiger charge is -2.25. The Morgan fingerprint density at radius 3 is 2.22 bits per heavy atom. The van der Waals surface area contributed by atoms with Gasteiger partial charge >= 0.3 is 6.18 Å². The van der Waals surface area contributed by atoms with Crippen LogP contribution in [0.3, 0.4) is 0 Å². The molecule has 1 aliphatic heterocycles. The lowest BCUT2D eigenvalue weighted by atomic mass is 9.96. The number of hydrogen-bond acceptors (Lipinski definition) is 1. The second-order valence-electron chi connectivity index (χ2n) is 6.19. The first-order chi connectivity index (χ1) is 8.15. The van der Waals surface area contributed by atoms with Crippen LogP contribution >= 0.6 is 0 Å². The second-order valence-corrected chi connectivity index (χ2v) is 6.19. The highest BCUT2D eigenvalue weighted by Crippen LogP contribution is 2.33. The van der Waals surface area contributed by atoms with Crippen molar-refractivity contribution in [2.24, 2.45) is 5.41 Å². The molecule has 100 valence electrons. The molecule has 1 aromatic rings. The normalized spacial score (nSPS) is 17.0. The molecule has 1 nitrogen and oxygen atoms in total. The van der Waals surface area contributed by atoms with E-state index in [0.717, 1.165) is 24.2 Å². The zero-order chi connectivity index (χ0) is 13.6. The first kappa shape index (κ1) is 13.4. The van der Waals surface area contributed by atoms with E-state index in [1.54, 1.807) is 6.07 Å². The van der Waals surface area contributed by atoms with Crippen LogP contribution in [-0.2, 0) is 19.3 Å². The molecule has 2 rings (SSSR count). The predicted molar refractivity (Wildman–Crippen MR) is 65.0 cm³/mol. The van der Waals surface area contributed by atoms with Crippen LogP contribution in [-0.4, -0.2) is 11.4 Å². The molecule has 0 radical (unpaired) electrons. The van der Waals surface area contributed by atoms with Gasteiger partial charge in [-0.2, -0.15) is 13.2 Å². The van der Waals surface area contributed by atoms with Crippen molar-refractivity contribution in [2.45, 2.75) is 40.0 Å². The van der Waals surface area contributed by atoms with E-state index in [0.29, 0.717) is 6.54 Å². The summed E-state index contributed by atoms with van der Waals surface area (Å²) in [6.07, 6.45) is -4.24. The van der Waals surface area contributed by atoms with E-state index < -0.39 is 11.7 Å². The van der Waals surface area contributed by atoms with Crippen LogP contribution in [0.4, 0.5) is 13.2 Å². The third-order valence-electron chi connectivity index (χ3n) is 3.02. The third-order valence-corrected chi connectivity index (χ3v) is 3.02. The third kappa shape index (κ3) is 3.05. The molecule has 0 saturated heterocycles. The summed E-state index contributed by atoms with van der Waals surface area (Å²) >= 11 is 0. The lowest BCUT2D eigenvalue weighted by Crippen LogP contribution is -2.28. The molecule has 0 N–H and O–H groups in total. The van der Waals surface area contributed by atoms with E-state index in [4.69, 9.17) is 0 Å². The van der Waals surface area contributed by atoms with E-state index in [1.165, 1.54) is 12.1 Å². The summed E-state index contributed by atoms with van der Waals surface area (Å²) in [6.45, 7) is 8.68. The Balaban J connectivity index is 2.16. The number of benzene rings is 1. The highest BCUT2D eigenvalue weighted by atomic mass is 19.4. The van der Waals surface area contributed by atoms with Crippen LogP contribution in [0.1, 0.15) is 37.5 Å². The predicted octanol–water partition coefficient (Wildman–Crippen LogP) is 4.07. The van der Waals surface area contributed by atoms with Crippen molar-refractivity contribution in [2.75, 3.05) is 6.54 Å². The molecule has 0 fully saturated rings. The van der Waals surface area contributed by atoms with E-state index in [9.17, 15) is 13.2 Å². The van der Waals surface area contributed by atoms with Crippen molar-refractivity contribution in [3.05, 3.63) is 34.9 Å². The maximum Gasteiger partial charge on any atom is 0.416 e. The first-order valence-corrected chi connectivity index (χ1v) is 6.06. The molecule has 0 aliphatic carbocycles. The van der Waals surface area contributed by atoms with Gasteiger partial charge < -0.3 is 0 Å². The average molecular weight is 257 g/mol. The van der Waals surface area contributed by atoms with Crippen molar-refractivity contribution in [1.82, 2.24) is 4.90 Å². The quantitative estimate of drug-likeness (QED) is 0.733. The number of nitrogens with zero attached hydrogens (tertiary/aromatic N) is 1. The summed E-state index contributed by atoms with van der Waals surface area (Å²) in [7, 11) is 0. The van der Waals surface area contributed by atoms with E-state index in [1.807, 2.05) is 0 Å². The number of alkyl halides is 3. The van der Waals surface area contributed by atoms with Crippen molar-refractivity contribution in [1.29, 1.82) is 0 Å². The van der Waals surface area contributed by atoms with Gasteiger partial charge in [0.15, 0.2) is 0 Å². The molecule has 0 saturated carbocycles. The van der Waals surface area contributed by atoms with Gasteiger partial charge in [0.05, 0.1) is 5.56 Å². The van der Waals surface area contributed by atoms with Crippen LogP contribution in [0.15, 0.2) is 18.2 Å². The van der Waals surface area contributed by atoms with Crippen molar-refractivity contribution < 1.29 is 13.2 Å². The fraction of sp³-hybridized carbons (Fsp3) is 0.571. The Morgan fingerprint density at radius 2 is 1.67 bits per heavy atom. The highest BCUT2D eigenvalue weighted by molar-refractivity contribution is 5.35. The van der Waals surface area contributed by atoms with Gasteiger partial charge in [-0.25, -0.2) is 0 Å². The van der Waals surface area contributed by atoms with Crippen LogP contribution in [0.25, 0.3) is 0 Å². The molecule has 1 heterocycles. The smallest absolute Gasteiger partial charge is 0.294 e. The maximum absolute atomic E-state index is 12.6. The zero-order valence-corrected chi connectivity index (χ0v) is 10.9. The van der Waals surface area contributed by atoms with Gasteiger partial charge in [0.1, 0.15) is 0 Å². The van der Waals surface area contributed by atoms with Crippen LogP contribution < -0.4 is 0 Å². The standard InChI is InChI=1S/C14H18F3N/c1-13(2,3)9-18-7-10-4-5-12(14(15,16)17)6-11(10)8-18/h4-6H,7-9H2,1-3H3. The largest absolute Gasteiger partial charge is 0.416 e. The van der Waals surface area contributed by atoms with E-state index in [2.05, 4.69) is 25.7 Å². The molecule has 0 unspecified atom stereocenters. The number of rotatable bonds is 1. The number of halogens is 3. The van der Waals surface area contributed by atoms with Crippen LogP contribution in [0, 0.1) is 5.41 Å². The molecule has 0 bridgehead atoms. The fourth-order valence-electron chi connectivity index (χ4n) is 2.42. The molecule has 18 heavy (non-hydrogen) atoms. The van der Waals surface area contributed by atoms with Gasteiger partial charge in [-0.3, -0.25) is 4.90 Å². The molecule has 0 spiro atoms. The molecular formula is C14H18F3N. The Labute approximate surface area is 106 Å². The summed E-state index contributed by atoms with van der Waals surface area (Å²) in [4.78, 5) is 2.20. The van der Waals surface area contributed by atoms with Crippen LogP contribution in [0.2, 0.25) is 0 Å². The molecule has 4 heteroatoms. The Morgan fingerprint density at radius 1 is 1.06 bits per heavy atom. The van der Waals surface area contributed by atoms with E-state index in [-0.39, 0.29) is 5.41 Å². The highest BCUT2D eigenvalue weighted by Gasteiger charge is 2.32. The van der Waals surface area contributed by atoms with Gasteiger partial charge in [0.25, 0.3) is 0 Å². The number of fused-ring (bicyclic) bond motifs is 1. The molecule has 0 amide bonds. The molecule has 0 atom stereocenters. The minimum absolute atomic E-state index is 0.162. The molecule has 1 aromatic carbocycles. The fourth-order valence-corrected chi connectivity index (χ4v) is 2.42. The minimum Gasteiger partial charge on any atom is -0.294 e. The van der Waals surface area contributed by atoms with Gasteiger partial charge in [0, 0.05) is 19.6 Å². The summed E-state index contributed by atoms with van der Waals surface area (Å²) < 4.78 is 37.8. The Kier molecular flexibility index (Phi) is 3.18. The van der Waals surface area contributed by atoms with Crippen LogP contribution in [0.5, 0.6) is 0 Å². The Bertz CT molecular complexity index is 443. The molecule has 0 aromatic heterocycles. The monoisotopic (exact) mass is 257 g/mol. The summed E-state index contributed by atoms with van der Waals surface area (Å²) in [5.41, 5.74) is 1.45. The van der Waals surface area contributed by atoms with Gasteiger partial charge in [-0.1, -0.05) is 26.8 Å². The molecular weight excluding hydrogens is 239 g/mol. The van der Waals surface area contributed by atoms with Gasteiger partial charge in [-0.05, 0) is 28.7 Å². The zero-order valence-electron chi connectivity index (χ0n) is 10.9. The second kappa shape index (κ2) is 4.26. The van der Waals surface area contributed by atoms with Crippen molar-refractivity contribution >= 4 is 0 Å². The summed E-state index contributed by atoms with van der Waals surface area (Å²) in [5, 5.41) is 0. The molecule has 1 aliphatic rings. The van der Waals surface area contributed by atoms with Gasteiger partial charge in [-0.15, -0.1) is 0 Å². The average Bonchev–Trinajstić information content (AvgIpc) is 2.53.